The third kappa shape index (κ3) is 4.42. The van der Waals surface area contributed by atoms with Crippen molar-refractivity contribution in [2.45, 2.75) is 19.9 Å². The highest BCUT2D eigenvalue weighted by molar-refractivity contribution is 5.98. The third-order valence-corrected chi connectivity index (χ3v) is 4.42. The van der Waals surface area contributed by atoms with E-state index >= 15 is 0 Å². The number of nitrogens with zero attached hydrogens (tertiary/aromatic N) is 3. The smallest absolute Gasteiger partial charge is 0.272 e. The van der Waals surface area contributed by atoms with Crippen LogP contribution in [0.2, 0.25) is 0 Å². The first-order chi connectivity index (χ1) is 13.0. The lowest BCUT2D eigenvalue weighted by Crippen LogP contribution is -2.49. The average molecular weight is 370 g/mol. The maximum atomic E-state index is 13.9. The van der Waals surface area contributed by atoms with Gasteiger partial charge in [0.1, 0.15) is 11.5 Å². The van der Waals surface area contributed by atoms with Crippen LogP contribution in [0.1, 0.15) is 34.7 Å². The molecular formula is C20H23FN4O2. The highest BCUT2D eigenvalue weighted by Gasteiger charge is 2.24. The normalized spacial score (nSPS) is 14.4. The van der Waals surface area contributed by atoms with Gasteiger partial charge < -0.3 is 15.1 Å². The van der Waals surface area contributed by atoms with Crippen molar-refractivity contribution in [1.82, 2.24) is 15.2 Å². The Labute approximate surface area is 158 Å². The highest BCUT2D eigenvalue weighted by atomic mass is 19.1. The second-order valence-electron chi connectivity index (χ2n) is 6.79. The number of benzene rings is 1. The molecule has 1 aliphatic heterocycles. The number of carbonyl (C=O) groups excluding carboxylic acids is 2. The number of carbonyl (C=O) groups is 2. The number of nitrogens with one attached hydrogen (secondary N) is 1. The maximum absolute atomic E-state index is 13.9. The van der Waals surface area contributed by atoms with E-state index in [0.29, 0.717) is 37.4 Å². The van der Waals surface area contributed by atoms with E-state index in [0.717, 1.165) is 0 Å². The van der Waals surface area contributed by atoms with E-state index in [1.54, 1.807) is 29.2 Å². The zero-order valence-electron chi connectivity index (χ0n) is 15.5. The second-order valence-corrected chi connectivity index (χ2v) is 6.79. The molecule has 1 aromatic heterocycles. The summed E-state index contributed by atoms with van der Waals surface area (Å²) < 4.78 is 13.9. The first kappa shape index (κ1) is 18.8. The molecule has 0 unspecified atom stereocenters. The summed E-state index contributed by atoms with van der Waals surface area (Å²) >= 11 is 0. The van der Waals surface area contributed by atoms with Crippen LogP contribution >= 0.6 is 0 Å². The Morgan fingerprint density at radius 3 is 2.48 bits per heavy atom. The molecule has 2 heterocycles. The SMILES string of the molecule is CC(C)NC(=O)c1ccnc(C(=O)N2CCN(c3ccccc3F)CC2)c1. The van der Waals surface area contributed by atoms with Crippen molar-refractivity contribution in [3.63, 3.8) is 0 Å². The van der Waals surface area contributed by atoms with Gasteiger partial charge in [0, 0.05) is 44.0 Å². The van der Waals surface area contributed by atoms with Gasteiger partial charge >= 0.3 is 0 Å². The van der Waals surface area contributed by atoms with Gasteiger partial charge in [-0.25, -0.2) is 4.39 Å². The molecule has 2 amide bonds. The third-order valence-electron chi connectivity index (χ3n) is 4.42. The van der Waals surface area contributed by atoms with Gasteiger partial charge in [0.05, 0.1) is 5.69 Å². The topological polar surface area (TPSA) is 65.5 Å². The van der Waals surface area contributed by atoms with Crippen molar-refractivity contribution < 1.29 is 14.0 Å². The lowest BCUT2D eigenvalue weighted by Gasteiger charge is -2.36. The predicted octanol–water partition coefficient (Wildman–Crippen LogP) is 2.32. The van der Waals surface area contributed by atoms with E-state index in [1.807, 2.05) is 18.7 Å². The fourth-order valence-electron chi connectivity index (χ4n) is 3.05. The van der Waals surface area contributed by atoms with Gasteiger partial charge in [0.2, 0.25) is 0 Å². The van der Waals surface area contributed by atoms with Gasteiger partial charge in [-0.3, -0.25) is 14.6 Å². The largest absolute Gasteiger partial charge is 0.366 e. The minimum absolute atomic E-state index is 0.0104. The van der Waals surface area contributed by atoms with Gasteiger partial charge in [-0.2, -0.15) is 0 Å². The Balaban J connectivity index is 1.66. The molecule has 27 heavy (non-hydrogen) atoms. The van der Waals surface area contributed by atoms with E-state index in [4.69, 9.17) is 0 Å². The molecule has 0 radical (unpaired) electrons. The summed E-state index contributed by atoms with van der Waals surface area (Å²) in [6, 6.07) is 9.75. The van der Waals surface area contributed by atoms with E-state index in [-0.39, 0.29) is 29.4 Å². The number of aromatic nitrogens is 1. The number of piperazine rings is 1. The molecule has 1 aliphatic rings. The minimum Gasteiger partial charge on any atom is -0.366 e. The molecule has 0 aliphatic carbocycles. The zero-order valence-corrected chi connectivity index (χ0v) is 15.5. The number of amides is 2. The Kier molecular flexibility index (Phi) is 5.69. The quantitative estimate of drug-likeness (QED) is 0.897. The molecule has 1 aromatic carbocycles. The molecule has 1 fully saturated rings. The average Bonchev–Trinajstić information content (AvgIpc) is 2.67. The minimum atomic E-state index is -0.261. The summed E-state index contributed by atoms with van der Waals surface area (Å²) in [6.07, 6.45) is 1.47. The van der Waals surface area contributed by atoms with Crippen molar-refractivity contribution in [3.8, 4) is 0 Å². The van der Waals surface area contributed by atoms with Gasteiger partial charge in [0.15, 0.2) is 0 Å². The molecule has 0 bridgehead atoms. The Bertz CT molecular complexity index is 832. The van der Waals surface area contributed by atoms with E-state index in [1.165, 1.54) is 18.3 Å². The van der Waals surface area contributed by atoms with Crippen molar-refractivity contribution in [3.05, 3.63) is 59.7 Å². The Morgan fingerprint density at radius 2 is 1.81 bits per heavy atom. The van der Waals surface area contributed by atoms with Crippen LogP contribution in [0.5, 0.6) is 0 Å². The molecule has 0 saturated carbocycles. The summed E-state index contributed by atoms with van der Waals surface area (Å²) in [4.78, 5) is 32.6. The lowest BCUT2D eigenvalue weighted by atomic mass is 10.1. The van der Waals surface area contributed by atoms with Crippen LogP contribution < -0.4 is 10.2 Å². The fourth-order valence-corrected chi connectivity index (χ4v) is 3.05. The number of pyridine rings is 1. The number of para-hydroxylation sites is 1. The van der Waals surface area contributed by atoms with Gasteiger partial charge in [-0.05, 0) is 38.1 Å². The predicted molar refractivity (Wildman–Crippen MR) is 101 cm³/mol. The molecule has 142 valence electrons. The van der Waals surface area contributed by atoms with Crippen molar-refractivity contribution >= 4 is 17.5 Å². The maximum Gasteiger partial charge on any atom is 0.272 e. The molecule has 2 aromatic rings. The number of hydrogen-bond acceptors (Lipinski definition) is 4. The van der Waals surface area contributed by atoms with Crippen LogP contribution in [-0.4, -0.2) is 53.9 Å². The van der Waals surface area contributed by atoms with Crippen LogP contribution in [0.3, 0.4) is 0 Å². The lowest BCUT2D eigenvalue weighted by molar-refractivity contribution is 0.0740. The summed E-state index contributed by atoms with van der Waals surface area (Å²) in [5.41, 5.74) is 1.20. The standard InChI is InChI=1S/C20H23FN4O2/c1-14(2)23-19(26)15-7-8-22-17(13-15)20(27)25-11-9-24(10-12-25)18-6-4-3-5-16(18)21/h3-8,13-14H,9-12H2,1-2H3,(H,23,26). The number of rotatable bonds is 4. The zero-order chi connectivity index (χ0) is 19.4. The summed E-state index contributed by atoms with van der Waals surface area (Å²) in [5, 5.41) is 2.80. The fraction of sp³-hybridized carbons (Fsp3) is 0.350. The second kappa shape index (κ2) is 8.16. The molecule has 0 spiro atoms. The first-order valence-electron chi connectivity index (χ1n) is 9.01. The van der Waals surface area contributed by atoms with Crippen molar-refractivity contribution in [2.75, 3.05) is 31.1 Å². The van der Waals surface area contributed by atoms with Gasteiger partial charge in [-0.1, -0.05) is 12.1 Å². The number of anilines is 1. The summed E-state index contributed by atoms with van der Waals surface area (Å²) in [6.45, 7) is 5.77. The van der Waals surface area contributed by atoms with Crippen molar-refractivity contribution in [1.29, 1.82) is 0 Å². The van der Waals surface area contributed by atoms with Crippen LogP contribution in [0.4, 0.5) is 10.1 Å². The van der Waals surface area contributed by atoms with Gasteiger partial charge in [0.25, 0.3) is 11.8 Å². The number of hydrogen-bond donors (Lipinski definition) is 1. The van der Waals surface area contributed by atoms with E-state index in [9.17, 15) is 14.0 Å². The molecule has 0 atom stereocenters. The Hall–Kier alpha value is -2.96. The Morgan fingerprint density at radius 1 is 1.11 bits per heavy atom. The molecule has 7 heteroatoms. The first-order valence-corrected chi connectivity index (χ1v) is 9.01. The highest BCUT2D eigenvalue weighted by Crippen LogP contribution is 2.20. The molecule has 1 N–H and O–H groups in total. The van der Waals surface area contributed by atoms with Crippen LogP contribution in [0, 0.1) is 5.82 Å². The van der Waals surface area contributed by atoms with E-state index < -0.39 is 0 Å². The molecular weight excluding hydrogens is 347 g/mol. The van der Waals surface area contributed by atoms with Crippen LogP contribution in [-0.2, 0) is 0 Å². The summed E-state index contributed by atoms with van der Waals surface area (Å²) in [7, 11) is 0. The van der Waals surface area contributed by atoms with Crippen molar-refractivity contribution in [2.24, 2.45) is 0 Å². The molecule has 6 nitrogen and oxygen atoms in total. The van der Waals surface area contributed by atoms with Crippen LogP contribution in [0.15, 0.2) is 42.6 Å². The number of halogens is 1. The van der Waals surface area contributed by atoms with Crippen LogP contribution in [0.25, 0.3) is 0 Å². The molecule has 3 rings (SSSR count). The summed E-state index contributed by atoms with van der Waals surface area (Å²) in [5.74, 6) is -0.712. The van der Waals surface area contributed by atoms with Gasteiger partial charge in [-0.15, -0.1) is 0 Å². The van der Waals surface area contributed by atoms with E-state index in [2.05, 4.69) is 10.3 Å². The molecule has 1 saturated heterocycles. The monoisotopic (exact) mass is 370 g/mol.